The topological polar surface area (TPSA) is 32.7 Å². The van der Waals surface area contributed by atoms with Crippen molar-refractivity contribution in [1.82, 2.24) is 4.90 Å². The molecule has 0 aliphatic carbocycles. The zero-order valence-corrected chi connectivity index (χ0v) is 9.22. The van der Waals surface area contributed by atoms with E-state index >= 15 is 0 Å². The van der Waals surface area contributed by atoms with Crippen molar-refractivity contribution in [3.8, 4) is 0 Å². The molecule has 0 saturated carbocycles. The molecule has 0 unspecified atom stereocenters. The fraction of sp³-hybridized carbons (Fsp3) is 0.200. The van der Waals surface area contributed by atoms with Crippen LogP contribution < -0.4 is 0 Å². The molecular weight excluding hydrogens is 243 g/mol. The molecule has 71 valence electrons. The first-order valence-electron chi connectivity index (χ1n) is 4.33. The van der Waals surface area contributed by atoms with Crippen LogP contribution in [0.2, 0.25) is 0 Å². The molecule has 4 heteroatoms. The van der Waals surface area contributed by atoms with Crippen LogP contribution >= 0.6 is 0 Å². The van der Waals surface area contributed by atoms with Crippen LogP contribution in [-0.4, -0.2) is 38.1 Å². The van der Waals surface area contributed by atoms with Crippen molar-refractivity contribution in [3.63, 3.8) is 0 Å². The molecule has 0 spiro atoms. The number of nitrogens with zero attached hydrogens (tertiary/aromatic N) is 2. The summed E-state index contributed by atoms with van der Waals surface area (Å²) in [5, 5.41) is 0. The van der Waals surface area contributed by atoms with Crippen LogP contribution in [0.15, 0.2) is 35.3 Å². The molecule has 1 aromatic rings. The molecule has 0 aromatic heterocycles. The Hall–Kier alpha value is -1.12. The normalized spacial score (nSPS) is 15.9. The Morgan fingerprint density at radius 1 is 1.36 bits per heavy atom. The summed E-state index contributed by atoms with van der Waals surface area (Å²) >= 11 is 2.79. The van der Waals surface area contributed by atoms with E-state index in [1.807, 2.05) is 30.3 Å². The molecule has 1 heterocycles. The minimum atomic E-state index is 0.0580. The fourth-order valence-corrected chi connectivity index (χ4v) is 1.82. The molecule has 2 rings (SSSR count). The molecule has 1 aromatic carbocycles. The molecule has 0 N–H and O–H groups in total. The first-order valence-corrected chi connectivity index (χ1v) is 5.19. The van der Waals surface area contributed by atoms with Gasteiger partial charge in [0.25, 0.3) is 0 Å². The van der Waals surface area contributed by atoms with E-state index < -0.39 is 0 Å². The number of benzene rings is 1. The SMILES string of the molecule is O=C1CN=C([Se])N1Cc1ccccc1. The number of hydrogen-bond donors (Lipinski definition) is 0. The van der Waals surface area contributed by atoms with Gasteiger partial charge in [0.05, 0.1) is 0 Å². The molecule has 1 radical (unpaired) electrons. The molecule has 14 heavy (non-hydrogen) atoms. The predicted molar refractivity (Wildman–Crippen MR) is 55.0 cm³/mol. The summed E-state index contributed by atoms with van der Waals surface area (Å²) in [5.74, 6) is 0.0580. The van der Waals surface area contributed by atoms with E-state index in [1.165, 1.54) is 0 Å². The van der Waals surface area contributed by atoms with E-state index in [0.29, 0.717) is 11.3 Å². The van der Waals surface area contributed by atoms with Crippen molar-refractivity contribution < 1.29 is 4.79 Å². The van der Waals surface area contributed by atoms with E-state index in [-0.39, 0.29) is 12.5 Å². The van der Waals surface area contributed by atoms with Crippen LogP contribution in [0.1, 0.15) is 5.56 Å². The first kappa shape index (κ1) is 9.44. The summed E-state index contributed by atoms with van der Waals surface area (Å²) in [7, 11) is 0. The maximum absolute atomic E-state index is 11.4. The Bertz CT molecular complexity index is 375. The van der Waals surface area contributed by atoms with Gasteiger partial charge in [0.1, 0.15) is 0 Å². The van der Waals surface area contributed by atoms with E-state index in [4.69, 9.17) is 0 Å². The number of amidine groups is 1. The van der Waals surface area contributed by atoms with Gasteiger partial charge in [-0.1, -0.05) is 0 Å². The molecule has 1 aliphatic rings. The molecule has 1 amide bonds. The Morgan fingerprint density at radius 2 is 2.07 bits per heavy atom. The second kappa shape index (κ2) is 3.94. The van der Waals surface area contributed by atoms with E-state index in [2.05, 4.69) is 21.0 Å². The third-order valence-electron chi connectivity index (χ3n) is 2.07. The van der Waals surface area contributed by atoms with Gasteiger partial charge in [-0.2, -0.15) is 0 Å². The van der Waals surface area contributed by atoms with Crippen LogP contribution in [0.4, 0.5) is 0 Å². The average Bonchev–Trinajstić information content (AvgIpc) is 2.51. The van der Waals surface area contributed by atoms with Crippen molar-refractivity contribution in [2.45, 2.75) is 6.54 Å². The van der Waals surface area contributed by atoms with Crippen molar-refractivity contribution >= 4 is 26.7 Å². The van der Waals surface area contributed by atoms with Gasteiger partial charge < -0.3 is 0 Å². The number of carbonyl (C=O) groups excluding carboxylic acids is 1. The number of carbonyl (C=O) groups is 1. The third kappa shape index (κ3) is 1.86. The van der Waals surface area contributed by atoms with Crippen LogP contribution in [0.3, 0.4) is 0 Å². The Kier molecular flexibility index (Phi) is 2.66. The van der Waals surface area contributed by atoms with Gasteiger partial charge in [-0.3, -0.25) is 0 Å². The fourth-order valence-electron chi connectivity index (χ4n) is 1.33. The number of amides is 1. The second-order valence-electron chi connectivity index (χ2n) is 3.06. The summed E-state index contributed by atoms with van der Waals surface area (Å²) in [4.78, 5) is 17.1. The molecule has 3 nitrogen and oxygen atoms in total. The third-order valence-corrected chi connectivity index (χ3v) is 2.80. The zero-order chi connectivity index (χ0) is 9.97. The maximum atomic E-state index is 11.4. The van der Waals surface area contributed by atoms with Gasteiger partial charge in [-0.25, -0.2) is 0 Å². The first-order chi connectivity index (χ1) is 6.77. The Balaban J connectivity index is 2.12. The quantitative estimate of drug-likeness (QED) is 0.708. The van der Waals surface area contributed by atoms with Gasteiger partial charge in [0.2, 0.25) is 0 Å². The predicted octanol–water partition coefficient (Wildman–Crippen LogP) is 0.553. The minimum absolute atomic E-state index is 0.0580. The van der Waals surface area contributed by atoms with Gasteiger partial charge in [0, 0.05) is 0 Å². The Labute approximate surface area is 90.6 Å². The second-order valence-corrected chi connectivity index (χ2v) is 3.83. The van der Waals surface area contributed by atoms with Crippen molar-refractivity contribution in [1.29, 1.82) is 0 Å². The number of rotatable bonds is 2. The summed E-state index contributed by atoms with van der Waals surface area (Å²) in [6.45, 7) is 0.876. The monoisotopic (exact) mass is 253 g/mol. The van der Waals surface area contributed by atoms with E-state index in [0.717, 1.165) is 5.56 Å². The number of aliphatic imine (C=N–C) groups is 1. The molecule has 0 bridgehead atoms. The summed E-state index contributed by atoms with van der Waals surface area (Å²) in [6.07, 6.45) is 0. The van der Waals surface area contributed by atoms with Crippen molar-refractivity contribution in [2.24, 2.45) is 4.99 Å². The summed E-state index contributed by atoms with van der Waals surface area (Å²) in [6, 6.07) is 9.89. The van der Waals surface area contributed by atoms with Gasteiger partial charge in [-0.05, 0) is 0 Å². The van der Waals surface area contributed by atoms with Crippen LogP contribution in [-0.2, 0) is 11.3 Å². The summed E-state index contributed by atoms with van der Waals surface area (Å²) < 4.78 is 0.693. The summed E-state index contributed by atoms with van der Waals surface area (Å²) in [5.41, 5.74) is 1.12. The van der Waals surface area contributed by atoms with E-state index in [9.17, 15) is 4.79 Å². The molecule has 0 saturated heterocycles. The van der Waals surface area contributed by atoms with Crippen LogP contribution in [0.25, 0.3) is 0 Å². The zero-order valence-electron chi connectivity index (χ0n) is 7.51. The Morgan fingerprint density at radius 3 is 2.64 bits per heavy atom. The van der Waals surface area contributed by atoms with Gasteiger partial charge >= 0.3 is 90.3 Å². The van der Waals surface area contributed by atoms with Gasteiger partial charge in [0.15, 0.2) is 0 Å². The molecular formula is C10H9N2OSe. The average molecular weight is 252 g/mol. The molecule has 0 atom stereocenters. The number of hydrogen-bond acceptors (Lipinski definition) is 2. The standard InChI is InChI=1S/C10H9N2OSe/c13-9-6-11-10(14)12(9)7-8-4-2-1-3-5-8/h1-5H,6-7H2. The van der Waals surface area contributed by atoms with E-state index in [1.54, 1.807) is 4.90 Å². The van der Waals surface area contributed by atoms with Crippen LogP contribution in [0.5, 0.6) is 0 Å². The van der Waals surface area contributed by atoms with Crippen molar-refractivity contribution in [2.75, 3.05) is 6.54 Å². The van der Waals surface area contributed by atoms with Crippen molar-refractivity contribution in [3.05, 3.63) is 35.9 Å². The molecule has 1 aliphatic heterocycles. The molecule has 0 fully saturated rings. The van der Waals surface area contributed by atoms with Gasteiger partial charge in [-0.15, -0.1) is 0 Å². The van der Waals surface area contributed by atoms with Crippen LogP contribution in [0, 0.1) is 0 Å².